The first-order chi connectivity index (χ1) is 4.79. The maximum atomic E-state index is 8.92. The van der Waals surface area contributed by atoms with Gasteiger partial charge >= 0.3 is 0 Å². The largest absolute Gasteiger partial charge is 0.393 e. The lowest BCUT2D eigenvalue weighted by molar-refractivity contribution is 0.0541. The summed E-state index contributed by atoms with van der Waals surface area (Å²) in [6.07, 6.45) is 2.83. The van der Waals surface area contributed by atoms with Gasteiger partial charge in [0.05, 0.1) is 12.2 Å². The summed E-state index contributed by atoms with van der Waals surface area (Å²) >= 11 is 5.50. The molecule has 0 atom stereocenters. The predicted molar refractivity (Wildman–Crippen MR) is 48.3 cm³/mol. The van der Waals surface area contributed by atoms with Crippen molar-refractivity contribution in [2.24, 2.45) is 0 Å². The summed E-state index contributed by atoms with van der Waals surface area (Å²) in [6, 6.07) is 0. The van der Waals surface area contributed by atoms with Gasteiger partial charge in [0.2, 0.25) is 0 Å². The molecule has 0 unspecified atom stereocenters. The molecule has 4 heteroatoms. The molecule has 1 aliphatic rings. The number of aliphatic hydroxyl groups excluding tert-OH is 2. The molecule has 1 aliphatic carbocycles. The quantitative estimate of drug-likeness (QED) is 0.710. The Morgan fingerprint density at radius 1 is 0.800 bits per heavy atom. The van der Waals surface area contributed by atoms with Crippen molar-refractivity contribution in [3.05, 3.63) is 0 Å². The van der Waals surface area contributed by atoms with Crippen molar-refractivity contribution in [2.75, 3.05) is 0 Å². The van der Waals surface area contributed by atoms with Gasteiger partial charge in [0.25, 0.3) is 0 Å². The van der Waals surface area contributed by atoms with Gasteiger partial charge in [-0.2, -0.15) is 0 Å². The van der Waals surface area contributed by atoms with E-state index in [1.807, 2.05) is 0 Å². The fraction of sp³-hybridized carbons (Fsp3) is 1.00. The van der Waals surface area contributed by atoms with E-state index in [0.717, 1.165) is 25.7 Å². The lowest BCUT2D eigenvalue weighted by Gasteiger charge is -2.20. The van der Waals surface area contributed by atoms with Gasteiger partial charge in [0.15, 0.2) is 0 Å². The van der Waals surface area contributed by atoms with E-state index >= 15 is 0 Å². The van der Waals surface area contributed by atoms with E-state index in [1.54, 1.807) is 0 Å². The normalized spacial score (nSPS) is 32.4. The van der Waals surface area contributed by atoms with Crippen LogP contribution in [0.5, 0.6) is 0 Å². The van der Waals surface area contributed by atoms with E-state index in [-0.39, 0.29) is 12.2 Å². The SMILES string of the molecule is BrBr.OC1CCC(O)CC1. The minimum absolute atomic E-state index is 0.140. The summed E-state index contributed by atoms with van der Waals surface area (Å²) in [5.74, 6) is 0. The van der Waals surface area contributed by atoms with Crippen molar-refractivity contribution in [1.29, 1.82) is 0 Å². The molecule has 1 saturated carbocycles. The van der Waals surface area contributed by atoms with Gasteiger partial charge in [-0.3, -0.25) is 0 Å². The fourth-order valence-electron chi connectivity index (χ4n) is 1.06. The second-order valence-corrected chi connectivity index (χ2v) is 2.46. The van der Waals surface area contributed by atoms with Crippen LogP contribution >= 0.6 is 28.3 Å². The zero-order valence-electron chi connectivity index (χ0n) is 5.63. The highest BCUT2D eigenvalue weighted by Crippen LogP contribution is 2.17. The Morgan fingerprint density at radius 3 is 1.20 bits per heavy atom. The van der Waals surface area contributed by atoms with E-state index < -0.39 is 0 Å². The number of aliphatic hydroxyl groups is 2. The Bertz CT molecular complexity index is 62.1. The average Bonchev–Trinajstić information content (AvgIpc) is 2.00. The van der Waals surface area contributed by atoms with Crippen molar-refractivity contribution >= 4 is 28.3 Å². The molecule has 0 aliphatic heterocycles. The molecule has 0 aromatic rings. The second-order valence-electron chi connectivity index (χ2n) is 2.46. The molecule has 2 nitrogen and oxygen atoms in total. The monoisotopic (exact) mass is 274 g/mol. The van der Waals surface area contributed by atoms with Gasteiger partial charge in [-0.05, 0) is 25.7 Å². The molecular formula is C6H12Br2O2. The van der Waals surface area contributed by atoms with Gasteiger partial charge in [-0.25, -0.2) is 0 Å². The molecular weight excluding hydrogens is 264 g/mol. The van der Waals surface area contributed by atoms with Crippen LogP contribution in [0, 0.1) is 0 Å². The lowest BCUT2D eigenvalue weighted by atomic mass is 9.95. The first kappa shape index (κ1) is 10.9. The fourth-order valence-corrected chi connectivity index (χ4v) is 1.06. The minimum Gasteiger partial charge on any atom is -0.393 e. The van der Waals surface area contributed by atoms with Gasteiger partial charge < -0.3 is 10.2 Å². The summed E-state index contributed by atoms with van der Waals surface area (Å²) in [5.41, 5.74) is 0. The Hall–Kier alpha value is 0.880. The van der Waals surface area contributed by atoms with E-state index in [4.69, 9.17) is 10.2 Å². The highest BCUT2D eigenvalue weighted by Gasteiger charge is 2.15. The van der Waals surface area contributed by atoms with Crippen LogP contribution in [0.3, 0.4) is 0 Å². The Morgan fingerprint density at radius 2 is 1.00 bits per heavy atom. The molecule has 0 heterocycles. The summed E-state index contributed by atoms with van der Waals surface area (Å²) in [7, 11) is 0. The van der Waals surface area contributed by atoms with Crippen molar-refractivity contribution in [1.82, 2.24) is 0 Å². The average molecular weight is 276 g/mol. The summed E-state index contributed by atoms with van der Waals surface area (Å²) in [4.78, 5) is 0. The molecule has 0 amide bonds. The molecule has 62 valence electrons. The zero-order chi connectivity index (χ0) is 7.98. The van der Waals surface area contributed by atoms with Crippen LogP contribution in [0.1, 0.15) is 25.7 Å². The topological polar surface area (TPSA) is 40.5 Å². The second kappa shape index (κ2) is 6.58. The van der Waals surface area contributed by atoms with Gasteiger partial charge in [-0.15, -0.1) is 0 Å². The molecule has 1 fully saturated rings. The van der Waals surface area contributed by atoms with Crippen LogP contribution in [0.2, 0.25) is 0 Å². The maximum Gasteiger partial charge on any atom is 0.0542 e. The van der Waals surface area contributed by atoms with Crippen LogP contribution < -0.4 is 0 Å². The molecule has 0 spiro atoms. The van der Waals surface area contributed by atoms with Crippen molar-refractivity contribution in [3.8, 4) is 0 Å². The first-order valence-corrected chi connectivity index (χ1v) is 7.01. The number of rotatable bonds is 0. The smallest absolute Gasteiger partial charge is 0.0542 e. The molecule has 0 radical (unpaired) electrons. The third-order valence-corrected chi connectivity index (χ3v) is 1.67. The lowest BCUT2D eigenvalue weighted by Crippen LogP contribution is -2.21. The highest BCUT2D eigenvalue weighted by molar-refractivity contribution is 9.93. The zero-order valence-corrected chi connectivity index (χ0v) is 8.81. The van der Waals surface area contributed by atoms with E-state index in [1.165, 1.54) is 0 Å². The highest BCUT2D eigenvalue weighted by atomic mass is 80.9. The molecule has 10 heavy (non-hydrogen) atoms. The number of hydrogen-bond acceptors (Lipinski definition) is 2. The Kier molecular flexibility index (Phi) is 7.16. The molecule has 0 saturated heterocycles. The van der Waals surface area contributed by atoms with E-state index in [0.29, 0.717) is 0 Å². The van der Waals surface area contributed by atoms with Crippen molar-refractivity contribution in [2.45, 2.75) is 37.9 Å². The van der Waals surface area contributed by atoms with Crippen LogP contribution in [-0.4, -0.2) is 22.4 Å². The van der Waals surface area contributed by atoms with Crippen LogP contribution in [-0.2, 0) is 0 Å². The number of halogens is 2. The molecule has 0 aromatic carbocycles. The van der Waals surface area contributed by atoms with Crippen LogP contribution in [0.25, 0.3) is 0 Å². The Labute approximate surface area is 76.5 Å². The molecule has 2 N–H and O–H groups in total. The molecule has 0 aromatic heterocycles. The third-order valence-electron chi connectivity index (χ3n) is 1.67. The summed E-state index contributed by atoms with van der Waals surface area (Å²) in [5, 5.41) is 17.8. The number of hydrogen-bond donors (Lipinski definition) is 2. The summed E-state index contributed by atoms with van der Waals surface area (Å²) < 4.78 is 0. The van der Waals surface area contributed by atoms with E-state index in [9.17, 15) is 0 Å². The maximum absolute atomic E-state index is 8.92. The molecule has 1 rings (SSSR count). The minimum atomic E-state index is -0.140. The van der Waals surface area contributed by atoms with E-state index in [2.05, 4.69) is 28.3 Å². The van der Waals surface area contributed by atoms with Crippen molar-refractivity contribution in [3.63, 3.8) is 0 Å². The van der Waals surface area contributed by atoms with Crippen molar-refractivity contribution < 1.29 is 10.2 Å². The summed E-state index contributed by atoms with van der Waals surface area (Å²) in [6.45, 7) is 0. The third kappa shape index (κ3) is 4.66. The van der Waals surface area contributed by atoms with Gasteiger partial charge in [-0.1, -0.05) is 0 Å². The molecule has 0 bridgehead atoms. The standard InChI is InChI=1S/C6H12O2.Br2/c7-5-1-2-6(8)4-3-5;1-2/h5-8H,1-4H2;. The first-order valence-electron chi connectivity index (χ1n) is 3.29. The van der Waals surface area contributed by atoms with Crippen LogP contribution in [0.15, 0.2) is 0 Å². The Balaban J connectivity index is 0.000000371. The van der Waals surface area contributed by atoms with Gasteiger partial charge in [0.1, 0.15) is 0 Å². The van der Waals surface area contributed by atoms with Crippen LogP contribution in [0.4, 0.5) is 0 Å². The van der Waals surface area contributed by atoms with Gasteiger partial charge in [0, 0.05) is 28.3 Å². The predicted octanol–water partition coefficient (Wildman–Crippen LogP) is 1.97.